The monoisotopic (exact) mass is 311 g/mol. The van der Waals surface area contributed by atoms with Gasteiger partial charge in [0, 0.05) is 12.8 Å². The Kier molecular flexibility index (Phi) is 5.92. The van der Waals surface area contributed by atoms with Crippen LogP contribution < -0.4 is 5.32 Å². The highest BCUT2D eigenvalue weighted by molar-refractivity contribution is 5.83. The molecule has 2 N–H and O–H groups in total. The number of hydrogen-bond donors (Lipinski definition) is 2. The van der Waals surface area contributed by atoms with Gasteiger partial charge in [-0.15, -0.1) is 0 Å². The summed E-state index contributed by atoms with van der Waals surface area (Å²) in [5.41, 5.74) is 3.12. The van der Waals surface area contributed by atoms with E-state index in [0.29, 0.717) is 6.42 Å². The first-order chi connectivity index (χ1) is 11.0. The third-order valence-corrected chi connectivity index (χ3v) is 3.64. The SMILES string of the molecule is Cc1cccc(CCC(=O)N[C@@H](Cc2ccccc2)C(=O)O)c1. The van der Waals surface area contributed by atoms with Crippen molar-refractivity contribution >= 4 is 11.9 Å². The Morgan fingerprint density at radius 1 is 1.04 bits per heavy atom. The summed E-state index contributed by atoms with van der Waals surface area (Å²) >= 11 is 0. The molecule has 0 aliphatic rings. The quantitative estimate of drug-likeness (QED) is 0.826. The summed E-state index contributed by atoms with van der Waals surface area (Å²) in [6.07, 6.45) is 1.17. The largest absolute Gasteiger partial charge is 0.480 e. The summed E-state index contributed by atoms with van der Waals surface area (Å²) in [6.45, 7) is 2.00. The Morgan fingerprint density at radius 3 is 2.39 bits per heavy atom. The third-order valence-electron chi connectivity index (χ3n) is 3.64. The van der Waals surface area contributed by atoms with Gasteiger partial charge in [-0.25, -0.2) is 4.79 Å². The Bertz CT molecular complexity index is 667. The molecule has 0 unspecified atom stereocenters. The zero-order chi connectivity index (χ0) is 16.7. The van der Waals surface area contributed by atoms with Crippen molar-refractivity contribution in [2.75, 3.05) is 0 Å². The van der Waals surface area contributed by atoms with Gasteiger partial charge in [-0.3, -0.25) is 4.79 Å². The number of rotatable bonds is 7. The molecular weight excluding hydrogens is 290 g/mol. The summed E-state index contributed by atoms with van der Waals surface area (Å²) < 4.78 is 0. The van der Waals surface area contributed by atoms with Crippen molar-refractivity contribution in [3.8, 4) is 0 Å². The molecule has 0 fully saturated rings. The van der Waals surface area contributed by atoms with Crippen LogP contribution in [-0.2, 0) is 22.4 Å². The molecule has 4 heteroatoms. The smallest absolute Gasteiger partial charge is 0.326 e. The van der Waals surface area contributed by atoms with E-state index in [4.69, 9.17) is 0 Å². The average Bonchev–Trinajstić information content (AvgIpc) is 2.53. The van der Waals surface area contributed by atoms with Gasteiger partial charge in [0.15, 0.2) is 0 Å². The fourth-order valence-corrected chi connectivity index (χ4v) is 2.44. The normalized spacial score (nSPS) is 11.7. The molecule has 0 aliphatic heterocycles. The molecule has 0 aliphatic carbocycles. The Balaban J connectivity index is 1.89. The van der Waals surface area contributed by atoms with Gasteiger partial charge in [-0.1, -0.05) is 60.2 Å². The van der Waals surface area contributed by atoms with Crippen molar-refractivity contribution in [1.29, 1.82) is 0 Å². The van der Waals surface area contributed by atoms with Crippen LogP contribution in [0.5, 0.6) is 0 Å². The van der Waals surface area contributed by atoms with Crippen molar-refractivity contribution in [1.82, 2.24) is 5.32 Å². The van der Waals surface area contributed by atoms with Crippen LogP contribution in [0.4, 0.5) is 0 Å². The van der Waals surface area contributed by atoms with E-state index in [0.717, 1.165) is 16.7 Å². The molecule has 4 nitrogen and oxygen atoms in total. The lowest BCUT2D eigenvalue weighted by molar-refractivity contribution is -0.141. The molecule has 2 aromatic carbocycles. The van der Waals surface area contributed by atoms with Gasteiger partial charge in [0.2, 0.25) is 5.91 Å². The average molecular weight is 311 g/mol. The second-order valence-corrected chi connectivity index (χ2v) is 5.64. The highest BCUT2D eigenvalue weighted by Gasteiger charge is 2.20. The fraction of sp³-hybridized carbons (Fsp3) is 0.263. The number of carboxylic acids is 1. The van der Waals surface area contributed by atoms with E-state index in [-0.39, 0.29) is 18.7 Å². The summed E-state index contributed by atoms with van der Waals surface area (Å²) in [7, 11) is 0. The highest BCUT2D eigenvalue weighted by Crippen LogP contribution is 2.08. The van der Waals surface area contributed by atoms with Crippen molar-refractivity contribution in [3.05, 3.63) is 71.3 Å². The van der Waals surface area contributed by atoms with E-state index in [1.54, 1.807) is 0 Å². The highest BCUT2D eigenvalue weighted by atomic mass is 16.4. The molecule has 120 valence electrons. The maximum absolute atomic E-state index is 12.0. The fourth-order valence-electron chi connectivity index (χ4n) is 2.44. The summed E-state index contributed by atoms with van der Waals surface area (Å²) in [5.74, 6) is -1.26. The van der Waals surface area contributed by atoms with Gasteiger partial charge in [0.25, 0.3) is 0 Å². The number of carbonyl (C=O) groups is 2. The van der Waals surface area contributed by atoms with Crippen LogP contribution in [0.2, 0.25) is 0 Å². The number of carboxylic acid groups (broad SMARTS) is 1. The van der Waals surface area contributed by atoms with E-state index >= 15 is 0 Å². The maximum Gasteiger partial charge on any atom is 0.326 e. The standard InChI is InChI=1S/C19H21NO3/c1-14-6-5-9-16(12-14)10-11-18(21)20-17(19(22)23)13-15-7-3-2-4-8-15/h2-9,12,17H,10-11,13H2,1H3,(H,20,21)(H,22,23)/t17-/m0/s1. The molecule has 0 aromatic heterocycles. The van der Waals surface area contributed by atoms with Gasteiger partial charge < -0.3 is 10.4 Å². The van der Waals surface area contributed by atoms with Crippen LogP contribution in [0.1, 0.15) is 23.1 Å². The van der Waals surface area contributed by atoms with Gasteiger partial charge in [-0.2, -0.15) is 0 Å². The zero-order valence-electron chi connectivity index (χ0n) is 13.2. The molecule has 2 rings (SSSR count). The topological polar surface area (TPSA) is 66.4 Å². The minimum Gasteiger partial charge on any atom is -0.480 e. The van der Waals surface area contributed by atoms with Gasteiger partial charge >= 0.3 is 5.97 Å². The number of carbonyl (C=O) groups excluding carboxylic acids is 1. The molecule has 1 amide bonds. The van der Waals surface area contributed by atoms with Crippen molar-refractivity contribution < 1.29 is 14.7 Å². The minimum absolute atomic E-state index is 0.241. The summed E-state index contributed by atoms with van der Waals surface area (Å²) in [5, 5.41) is 11.9. The molecule has 0 radical (unpaired) electrons. The third kappa shape index (κ3) is 5.58. The second kappa shape index (κ2) is 8.13. The number of nitrogens with one attached hydrogen (secondary N) is 1. The predicted octanol–water partition coefficient (Wildman–Crippen LogP) is 2.74. The molecule has 0 saturated heterocycles. The van der Waals surface area contributed by atoms with Crippen LogP contribution in [0, 0.1) is 6.92 Å². The Hall–Kier alpha value is -2.62. The number of amides is 1. The Morgan fingerprint density at radius 2 is 1.74 bits per heavy atom. The molecule has 0 bridgehead atoms. The molecule has 1 atom stereocenters. The zero-order valence-corrected chi connectivity index (χ0v) is 13.2. The summed E-state index contributed by atoms with van der Waals surface area (Å²) in [6, 6.07) is 16.4. The van der Waals surface area contributed by atoms with Crippen molar-refractivity contribution in [2.45, 2.75) is 32.2 Å². The maximum atomic E-state index is 12.0. The first-order valence-electron chi connectivity index (χ1n) is 7.66. The molecule has 0 saturated carbocycles. The second-order valence-electron chi connectivity index (χ2n) is 5.64. The van der Waals surface area contributed by atoms with E-state index in [2.05, 4.69) is 5.32 Å². The van der Waals surface area contributed by atoms with Gasteiger partial charge in [0.05, 0.1) is 0 Å². The molecule has 0 heterocycles. The van der Waals surface area contributed by atoms with Crippen LogP contribution in [0.25, 0.3) is 0 Å². The number of hydrogen-bond acceptors (Lipinski definition) is 2. The van der Waals surface area contributed by atoms with E-state index in [1.165, 1.54) is 0 Å². The first-order valence-corrected chi connectivity index (χ1v) is 7.66. The number of aryl methyl sites for hydroxylation is 2. The number of aliphatic carboxylic acids is 1. The minimum atomic E-state index is -1.02. The lowest BCUT2D eigenvalue weighted by Gasteiger charge is -2.14. The van der Waals surface area contributed by atoms with Crippen LogP contribution >= 0.6 is 0 Å². The number of benzene rings is 2. The molecule has 0 spiro atoms. The van der Waals surface area contributed by atoms with Crippen LogP contribution in [0.3, 0.4) is 0 Å². The van der Waals surface area contributed by atoms with E-state index in [1.807, 2.05) is 61.5 Å². The van der Waals surface area contributed by atoms with Crippen molar-refractivity contribution in [2.24, 2.45) is 0 Å². The van der Waals surface area contributed by atoms with Crippen molar-refractivity contribution in [3.63, 3.8) is 0 Å². The van der Waals surface area contributed by atoms with Crippen LogP contribution in [0.15, 0.2) is 54.6 Å². The molecular formula is C19H21NO3. The van der Waals surface area contributed by atoms with Gasteiger partial charge in [-0.05, 0) is 24.5 Å². The first kappa shape index (κ1) is 16.7. The van der Waals surface area contributed by atoms with Gasteiger partial charge in [0.1, 0.15) is 6.04 Å². The summed E-state index contributed by atoms with van der Waals surface area (Å²) in [4.78, 5) is 23.4. The lowest BCUT2D eigenvalue weighted by Crippen LogP contribution is -2.42. The van der Waals surface area contributed by atoms with E-state index in [9.17, 15) is 14.7 Å². The lowest BCUT2D eigenvalue weighted by atomic mass is 10.0. The van der Waals surface area contributed by atoms with Crippen LogP contribution in [-0.4, -0.2) is 23.0 Å². The Labute approximate surface area is 136 Å². The predicted molar refractivity (Wildman–Crippen MR) is 89.2 cm³/mol. The molecule has 2 aromatic rings. The molecule has 23 heavy (non-hydrogen) atoms. The van der Waals surface area contributed by atoms with E-state index < -0.39 is 12.0 Å².